The first-order valence-corrected chi connectivity index (χ1v) is 14.2. The van der Waals surface area contributed by atoms with Crippen LogP contribution in [0.25, 0.3) is 60.6 Å². The van der Waals surface area contributed by atoms with E-state index in [9.17, 15) is 0 Å². The number of benzene rings is 6. The molecule has 0 saturated heterocycles. The van der Waals surface area contributed by atoms with Gasteiger partial charge in [0.25, 0.3) is 0 Å². The first kappa shape index (κ1) is 23.0. The van der Waals surface area contributed by atoms with Gasteiger partial charge >= 0.3 is 0 Å². The lowest BCUT2D eigenvalue weighted by Crippen LogP contribution is -2.16. The first-order valence-electron chi connectivity index (χ1n) is 14.2. The van der Waals surface area contributed by atoms with Crippen molar-refractivity contribution in [2.45, 2.75) is 0 Å². The number of aromatic nitrogens is 3. The zero-order chi connectivity index (χ0) is 27.6. The molecule has 1 aliphatic heterocycles. The molecule has 6 aromatic carbocycles. The summed E-state index contributed by atoms with van der Waals surface area (Å²) in [4.78, 5) is 11.6. The van der Waals surface area contributed by atoms with Gasteiger partial charge < -0.3 is 9.47 Å². The Morgan fingerprint density at radius 3 is 1.98 bits per heavy atom. The molecule has 3 heterocycles. The molecule has 0 amide bonds. The molecule has 0 spiro atoms. The van der Waals surface area contributed by atoms with Gasteiger partial charge in [-0.25, -0.2) is 9.97 Å². The summed E-state index contributed by atoms with van der Waals surface area (Å²) in [6.45, 7) is 0. The Labute approximate surface area is 242 Å². The summed E-state index contributed by atoms with van der Waals surface area (Å²) in [6.07, 6.45) is 3.58. The van der Waals surface area contributed by atoms with Crippen molar-refractivity contribution < 1.29 is 0 Å². The molecule has 0 radical (unpaired) electrons. The molecule has 0 N–H and O–H groups in total. The molecule has 0 saturated carbocycles. The Morgan fingerprint density at radius 1 is 0.524 bits per heavy atom. The molecule has 0 atom stereocenters. The van der Waals surface area contributed by atoms with E-state index in [0.717, 1.165) is 34.0 Å². The summed E-state index contributed by atoms with van der Waals surface area (Å²) < 4.78 is 2.35. The average Bonchev–Trinajstić information content (AvgIpc) is 3.40. The Morgan fingerprint density at radius 2 is 1.21 bits per heavy atom. The van der Waals surface area contributed by atoms with E-state index in [0.29, 0.717) is 0 Å². The van der Waals surface area contributed by atoms with Crippen LogP contribution in [0.5, 0.6) is 0 Å². The molecule has 4 heteroatoms. The number of fused-ring (bicyclic) bond motifs is 5. The Bertz CT molecular complexity index is 2250. The van der Waals surface area contributed by atoms with Gasteiger partial charge in [0.1, 0.15) is 6.33 Å². The van der Waals surface area contributed by atoms with Gasteiger partial charge in [0.15, 0.2) is 0 Å². The van der Waals surface area contributed by atoms with Crippen LogP contribution in [0.2, 0.25) is 0 Å². The van der Waals surface area contributed by atoms with Gasteiger partial charge in [-0.3, -0.25) is 0 Å². The molecule has 196 valence electrons. The minimum absolute atomic E-state index is 0.943. The van der Waals surface area contributed by atoms with Crippen LogP contribution in [0.1, 0.15) is 0 Å². The first-order chi connectivity index (χ1) is 20.8. The monoisotopic (exact) mass is 536 g/mol. The van der Waals surface area contributed by atoms with Crippen LogP contribution in [0.3, 0.4) is 0 Å². The lowest BCUT2D eigenvalue weighted by molar-refractivity contribution is 1.13. The lowest BCUT2D eigenvalue weighted by Gasteiger charge is -2.32. The van der Waals surface area contributed by atoms with Gasteiger partial charge in [0, 0.05) is 33.1 Å². The largest absolute Gasteiger partial charge is 0.309 e. The maximum Gasteiger partial charge on any atom is 0.116 e. The quantitative estimate of drug-likeness (QED) is 0.225. The summed E-state index contributed by atoms with van der Waals surface area (Å²) in [5, 5.41) is 4.92. The number of para-hydroxylation sites is 2. The zero-order valence-corrected chi connectivity index (χ0v) is 22.6. The van der Waals surface area contributed by atoms with Gasteiger partial charge in [0.2, 0.25) is 0 Å². The highest BCUT2D eigenvalue weighted by atomic mass is 15.2. The fourth-order valence-electron chi connectivity index (χ4n) is 6.63. The van der Waals surface area contributed by atoms with E-state index in [4.69, 9.17) is 4.98 Å². The number of hydrogen-bond donors (Lipinski definition) is 0. The van der Waals surface area contributed by atoms with Crippen molar-refractivity contribution in [2.75, 3.05) is 4.90 Å². The maximum atomic E-state index is 4.82. The molecule has 2 aromatic heterocycles. The molecule has 42 heavy (non-hydrogen) atoms. The van der Waals surface area contributed by atoms with Crippen LogP contribution in [-0.2, 0) is 0 Å². The average molecular weight is 537 g/mol. The van der Waals surface area contributed by atoms with Gasteiger partial charge in [-0.05, 0) is 71.1 Å². The smallest absolute Gasteiger partial charge is 0.116 e. The van der Waals surface area contributed by atoms with Crippen molar-refractivity contribution in [2.24, 2.45) is 0 Å². The van der Waals surface area contributed by atoms with Crippen molar-refractivity contribution in [1.29, 1.82) is 0 Å². The molecular weight excluding hydrogens is 512 g/mol. The number of nitrogens with zero attached hydrogens (tertiary/aromatic N) is 4. The van der Waals surface area contributed by atoms with Crippen LogP contribution in [0.4, 0.5) is 17.1 Å². The highest BCUT2D eigenvalue weighted by Gasteiger charge is 2.28. The molecule has 0 bridgehead atoms. The van der Waals surface area contributed by atoms with Crippen molar-refractivity contribution >= 4 is 49.6 Å². The van der Waals surface area contributed by atoms with E-state index < -0.39 is 0 Å². The van der Waals surface area contributed by atoms with Crippen molar-refractivity contribution in [3.63, 3.8) is 0 Å². The topological polar surface area (TPSA) is 34.0 Å². The van der Waals surface area contributed by atoms with Gasteiger partial charge in [-0.15, -0.1) is 0 Å². The fraction of sp³-hybridized carbons (Fsp3) is 0. The predicted molar refractivity (Wildman–Crippen MR) is 173 cm³/mol. The Balaban J connectivity index is 1.23. The van der Waals surface area contributed by atoms with Crippen LogP contribution in [0, 0.1) is 0 Å². The van der Waals surface area contributed by atoms with E-state index in [1.54, 1.807) is 6.33 Å². The Kier molecular flexibility index (Phi) is 4.87. The number of rotatable bonds is 3. The summed E-state index contributed by atoms with van der Waals surface area (Å²) in [7, 11) is 0. The standard InChI is InChI=1S/C38H24N4/c1-2-9-25(10-3-1)27-21-26-11-8-16-35-37(26)32(22-27)38-36(23-39-24-40-38)42(35)29-19-17-28(18-20-29)41-33-14-6-4-12-30(33)31-13-5-7-15-34(31)41/h1-24H. The predicted octanol–water partition coefficient (Wildman–Crippen LogP) is 9.84. The number of anilines is 3. The lowest BCUT2D eigenvalue weighted by atomic mass is 9.90. The SMILES string of the molecule is c1ccc(-c2cc3c4c(cccc4c2)N(c2ccc(-n4c5ccccc5c5ccccc54)cc2)c2cncnc2-3)cc1. The summed E-state index contributed by atoms with van der Waals surface area (Å²) in [5.74, 6) is 0. The van der Waals surface area contributed by atoms with Crippen molar-refractivity contribution in [1.82, 2.24) is 14.5 Å². The molecule has 0 unspecified atom stereocenters. The third-order valence-electron chi connectivity index (χ3n) is 8.44. The van der Waals surface area contributed by atoms with E-state index in [2.05, 4.69) is 148 Å². The van der Waals surface area contributed by atoms with E-state index in [1.165, 1.54) is 43.7 Å². The zero-order valence-electron chi connectivity index (χ0n) is 22.6. The minimum Gasteiger partial charge on any atom is -0.309 e. The van der Waals surface area contributed by atoms with Gasteiger partial charge in [-0.2, -0.15) is 0 Å². The molecule has 4 nitrogen and oxygen atoms in total. The van der Waals surface area contributed by atoms with E-state index in [1.807, 2.05) is 6.20 Å². The molecule has 8 aromatic rings. The highest BCUT2D eigenvalue weighted by Crippen LogP contribution is 2.50. The van der Waals surface area contributed by atoms with E-state index >= 15 is 0 Å². The molecule has 0 aliphatic carbocycles. The molecule has 1 aliphatic rings. The van der Waals surface area contributed by atoms with Crippen LogP contribution >= 0.6 is 0 Å². The fourth-order valence-corrected chi connectivity index (χ4v) is 6.63. The second kappa shape index (κ2) is 8.88. The summed E-state index contributed by atoms with van der Waals surface area (Å²) >= 11 is 0. The summed E-state index contributed by atoms with van der Waals surface area (Å²) in [6, 6.07) is 47.7. The number of hydrogen-bond acceptors (Lipinski definition) is 3. The van der Waals surface area contributed by atoms with E-state index in [-0.39, 0.29) is 0 Å². The maximum absolute atomic E-state index is 4.82. The van der Waals surface area contributed by atoms with Crippen LogP contribution < -0.4 is 4.90 Å². The van der Waals surface area contributed by atoms with Crippen LogP contribution in [0.15, 0.2) is 146 Å². The third-order valence-corrected chi connectivity index (χ3v) is 8.44. The summed E-state index contributed by atoms with van der Waals surface area (Å²) in [5.41, 5.74) is 11.2. The molecular formula is C38H24N4. The van der Waals surface area contributed by atoms with Crippen molar-refractivity contribution in [3.8, 4) is 28.1 Å². The van der Waals surface area contributed by atoms with Crippen molar-refractivity contribution in [3.05, 3.63) is 146 Å². The molecule has 9 rings (SSSR count). The highest BCUT2D eigenvalue weighted by molar-refractivity contribution is 6.14. The van der Waals surface area contributed by atoms with Crippen LogP contribution in [-0.4, -0.2) is 14.5 Å². The minimum atomic E-state index is 0.943. The molecule has 0 fully saturated rings. The van der Waals surface area contributed by atoms with Gasteiger partial charge in [-0.1, -0.05) is 78.9 Å². The third kappa shape index (κ3) is 3.29. The second-order valence-corrected chi connectivity index (χ2v) is 10.7. The Hall–Kier alpha value is -5.74. The second-order valence-electron chi connectivity index (χ2n) is 10.7. The van der Waals surface area contributed by atoms with Gasteiger partial charge in [0.05, 0.1) is 34.3 Å². The normalized spacial score (nSPS) is 12.2.